The van der Waals surface area contributed by atoms with Crippen LogP contribution in [0.3, 0.4) is 0 Å². The van der Waals surface area contributed by atoms with Crippen LogP contribution < -0.4 is 5.32 Å². The number of nitro groups is 1. The van der Waals surface area contributed by atoms with E-state index in [0.717, 1.165) is 5.32 Å². The summed E-state index contributed by atoms with van der Waals surface area (Å²) in [5, 5.41) is 20.7. The first-order valence-corrected chi connectivity index (χ1v) is 4.70. The predicted octanol–water partition coefficient (Wildman–Crippen LogP) is 2.44. The van der Waals surface area contributed by atoms with Gasteiger partial charge in [-0.2, -0.15) is 22.0 Å². The van der Waals surface area contributed by atoms with Gasteiger partial charge in [0.1, 0.15) is 5.75 Å². The predicted molar refractivity (Wildman–Crippen MR) is 54.4 cm³/mol. The Morgan fingerprint density at radius 1 is 1.25 bits per heavy atom. The number of anilines is 1. The van der Waals surface area contributed by atoms with Gasteiger partial charge in [0.15, 0.2) is 0 Å². The molecule has 2 N–H and O–H groups in total. The van der Waals surface area contributed by atoms with Crippen molar-refractivity contribution in [3.8, 4) is 5.75 Å². The highest BCUT2D eigenvalue weighted by molar-refractivity contribution is 5.97. The molecule has 6 nitrogen and oxygen atoms in total. The van der Waals surface area contributed by atoms with Crippen LogP contribution in [-0.4, -0.2) is 28.0 Å². The number of rotatable bonds is 3. The summed E-state index contributed by atoms with van der Waals surface area (Å²) in [6.07, 6.45) is -6.10. The number of amides is 1. The van der Waals surface area contributed by atoms with Gasteiger partial charge in [-0.25, -0.2) is 0 Å². The van der Waals surface area contributed by atoms with Crippen molar-refractivity contribution in [2.75, 3.05) is 5.32 Å². The highest BCUT2D eigenvalue weighted by atomic mass is 19.4. The van der Waals surface area contributed by atoms with E-state index in [4.69, 9.17) is 0 Å². The van der Waals surface area contributed by atoms with Crippen molar-refractivity contribution < 1.29 is 36.8 Å². The highest BCUT2D eigenvalue weighted by Gasteiger charge is 2.63. The Balaban J connectivity index is 3.00. The summed E-state index contributed by atoms with van der Waals surface area (Å²) < 4.78 is 60.9. The van der Waals surface area contributed by atoms with Crippen LogP contribution in [0.2, 0.25) is 0 Å². The topological polar surface area (TPSA) is 92.5 Å². The van der Waals surface area contributed by atoms with Crippen LogP contribution in [-0.2, 0) is 4.79 Å². The molecular weight excluding hydrogens is 295 g/mol. The van der Waals surface area contributed by atoms with Crippen molar-refractivity contribution in [3.63, 3.8) is 0 Å². The van der Waals surface area contributed by atoms with E-state index in [2.05, 4.69) is 0 Å². The van der Waals surface area contributed by atoms with Gasteiger partial charge >= 0.3 is 18.0 Å². The second kappa shape index (κ2) is 4.90. The maximum absolute atomic E-state index is 12.6. The van der Waals surface area contributed by atoms with Gasteiger partial charge in [0.05, 0.1) is 16.7 Å². The molecule has 0 saturated heterocycles. The van der Waals surface area contributed by atoms with Crippen LogP contribution in [0.1, 0.15) is 0 Å². The third-order valence-corrected chi connectivity index (χ3v) is 2.08. The minimum Gasteiger partial charge on any atom is -0.506 e. The monoisotopic (exact) mass is 300 g/mol. The molecule has 11 heteroatoms. The number of alkyl halides is 5. The minimum atomic E-state index is -6.10. The highest BCUT2D eigenvalue weighted by Crippen LogP contribution is 2.37. The molecule has 0 aliphatic heterocycles. The minimum absolute atomic E-state index is 0.487. The van der Waals surface area contributed by atoms with Crippen LogP contribution in [0, 0.1) is 10.1 Å². The third-order valence-electron chi connectivity index (χ3n) is 2.08. The average Bonchev–Trinajstić information content (AvgIpc) is 2.29. The quantitative estimate of drug-likeness (QED) is 0.388. The lowest BCUT2D eigenvalue weighted by atomic mass is 10.2. The summed E-state index contributed by atoms with van der Waals surface area (Å²) in [7, 11) is 0. The second-order valence-corrected chi connectivity index (χ2v) is 3.48. The Morgan fingerprint density at radius 2 is 1.80 bits per heavy atom. The number of aromatic hydroxyl groups is 1. The fourth-order valence-electron chi connectivity index (χ4n) is 1.07. The van der Waals surface area contributed by atoms with E-state index >= 15 is 0 Å². The van der Waals surface area contributed by atoms with Gasteiger partial charge in [-0.3, -0.25) is 14.9 Å². The number of non-ortho nitro benzene ring substituents is 1. The first-order valence-electron chi connectivity index (χ1n) is 4.70. The molecule has 0 aromatic heterocycles. The molecule has 0 atom stereocenters. The Morgan fingerprint density at radius 3 is 2.20 bits per heavy atom. The molecule has 0 aliphatic rings. The smallest absolute Gasteiger partial charge is 0.463 e. The molecule has 0 spiro atoms. The molecule has 0 unspecified atom stereocenters. The summed E-state index contributed by atoms with van der Waals surface area (Å²) in [6.45, 7) is 0. The largest absolute Gasteiger partial charge is 0.506 e. The maximum Gasteiger partial charge on any atom is 0.463 e. The summed E-state index contributed by atoms with van der Waals surface area (Å²) >= 11 is 0. The molecule has 0 bridgehead atoms. The van der Waals surface area contributed by atoms with Crippen LogP contribution in [0.25, 0.3) is 0 Å². The van der Waals surface area contributed by atoms with E-state index in [0.29, 0.717) is 18.2 Å². The van der Waals surface area contributed by atoms with Gasteiger partial charge < -0.3 is 10.4 Å². The number of benzene rings is 1. The van der Waals surface area contributed by atoms with Crippen molar-refractivity contribution in [1.29, 1.82) is 0 Å². The van der Waals surface area contributed by atoms with E-state index in [1.165, 1.54) is 0 Å². The molecule has 1 aromatic carbocycles. The molecule has 0 fully saturated rings. The number of halogens is 5. The molecule has 0 radical (unpaired) electrons. The summed E-state index contributed by atoms with van der Waals surface area (Å²) in [6, 6.07) is 1.82. The SMILES string of the molecule is O=C(Nc1ccc([N+](=O)[O-])cc1O)C(F)(F)C(F)(F)F. The van der Waals surface area contributed by atoms with Gasteiger partial charge in [-0.1, -0.05) is 0 Å². The van der Waals surface area contributed by atoms with Crippen molar-refractivity contribution in [1.82, 2.24) is 0 Å². The Labute approximate surface area is 107 Å². The molecule has 1 rings (SSSR count). The lowest BCUT2D eigenvalue weighted by molar-refractivity contribution is -0.384. The van der Waals surface area contributed by atoms with Gasteiger partial charge in [0, 0.05) is 6.07 Å². The molecule has 0 heterocycles. The first-order chi connectivity index (χ1) is 8.96. The van der Waals surface area contributed by atoms with E-state index in [-0.39, 0.29) is 0 Å². The van der Waals surface area contributed by atoms with Crippen LogP contribution in [0.4, 0.5) is 33.3 Å². The van der Waals surface area contributed by atoms with Gasteiger partial charge in [0.2, 0.25) is 0 Å². The third kappa shape index (κ3) is 2.92. The normalized spacial score (nSPS) is 12.1. The number of nitrogens with one attached hydrogen (secondary N) is 1. The average molecular weight is 300 g/mol. The standard InChI is InChI=1S/C9H5F5N2O4/c10-8(11,9(12,13)14)7(18)15-5-2-1-4(16(19)20)3-6(5)17/h1-3,17H,(H,15,18). The Hall–Kier alpha value is -2.46. The molecule has 1 aromatic rings. The molecule has 1 amide bonds. The fourth-order valence-corrected chi connectivity index (χ4v) is 1.07. The van der Waals surface area contributed by atoms with Crippen molar-refractivity contribution >= 4 is 17.3 Å². The fraction of sp³-hybridized carbons (Fsp3) is 0.222. The van der Waals surface area contributed by atoms with E-state index in [1.54, 1.807) is 0 Å². The Kier molecular flexibility index (Phi) is 3.82. The van der Waals surface area contributed by atoms with Crippen molar-refractivity contribution in [3.05, 3.63) is 28.3 Å². The lowest BCUT2D eigenvalue weighted by Gasteiger charge is -2.18. The Bertz CT molecular complexity index is 558. The first kappa shape index (κ1) is 15.6. The number of phenolic OH excluding ortho intramolecular Hbond substituents is 1. The van der Waals surface area contributed by atoms with Crippen LogP contribution in [0.5, 0.6) is 5.75 Å². The molecule has 20 heavy (non-hydrogen) atoms. The number of hydrogen-bond donors (Lipinski definition) is 2. The summed E-state index contributed by atoms with van der Waals surface area (Å²) in [5.41, 5.74) is -1.45. The lowest BCUT2D eigenvalue weighted by Crippen LogP contribution is -2.47. The van der Waals surface area contributed by atoms with Crippen LogP contribution >= 0.6 is 0 Å². The molecular formula is C9H5F5N2O4. The number of hydrogen-bond acceptors (Lipinski definition) is 4. The van der Waals surface area contributed by atoms with E-state index < -0.39 is 40.1 Å². The van der Waals surface area contributed by atoms with Gasteiger partial charge in [0.25, 0.3) is 5.69 Å². The number of phenols is 1. The van der Waals surface area contributed by atoms with Gasteiger partial charge in [-0.05, 0) is 6.07 Å². The molecule has 0 saturated carbocycles. The van der Waals surface area contributed by atoms with Crippen molar-refractivity contribution in [2.45, 2.75) is 12.1 Å². The van der Waals surface area contributed by atoms with E-state index in [1.807, 2.05) is 0 Å². The number of nitro benzene ring substituents is 1. The van der Waals surface area contributed by atoms with Gasteiger partial charge in [-0.15, -0.1) is 0 Å². The zero-order chi connectivity index (χ0) is 15.7. The second-order valence-electron chi connectivity index (χ2n) is 3.48. The zero-order valence-corrected chi connectivity index (χ0v) is 9.24. The zero-order valence-electron chi connectivity index (χ0n) is 9.24. The molecule has 110 valence electrons. The van der Waals surface area contributed by atoms with E-state index in [9.17, 15) is 42.0 Å². The maximum atomic E-state index is 12.6. The summed E-state index contributed by atoms with van der Waals surface area (Å²) in [4.78, 5) is 20.2. The van der Waals surface area contributed by atoms with Crippen LogP contribution in [0.15, 0.2) is 18.2 Å². The number of carbonyl (C=O) groups is 1. The summed E-state index contributed by atoms with van der Waals surface area (Å²) in [5.74, 6) is -9.40. The van der Waals surface area contributed by atoms with Crippen molar-refractivity contribution in [2.24, 2.45) is 0 Å². The molecule has 0 aliphatic carbocycles. The number of carbonyl (C=O) groups excluding carboxylic acids is 1. The number of nitrogens with zero attached hydrogens (tertiary/aromatic N) is 1.